The second-order valence-corrected chi connectivity index (χ2v) is 7.61. The number of nitrogens with one attached hydrogen (secondary N) is 1. The Bertz CT molecular complexity index is 525. The summed E-state index contributed by atoms with van der Waals surface area (Å²) in [6.45, 7) is 0. The number of rotatable bonds is 3. The van der Waals surface area contributed by atoms with E-state index in [1.807, 2.05) is 0 Å². The first-order chi connectivity index (χ1) is 8.44. The zero-order valence-electron chi connectivity index (χ0n) is 9.99. The second-order valence-electron chi connectivity index (χ2n) is 4.56. The predicted molar refractivity (Wildman–Crippen MR) is 75.0 cm³/mol. The summed E-state index contributed by atoms with van der Waals surface area (Å²) in [5, 5.41) is 4.30. The zero-order valence-corrected chi connectivity index (χ0v) is 12.3. The van der Waals surface area contributed by atoms with Gasteiger partial charge in [-0.3, -0.25) is 0 Å². The van der Waals surface area contributed by atoms with E-state index in [1.54, 1.807) is 25.2 Å². The molecule has 100 valence electrons. The van der Waals surface area contributed by atoms with Gasteiger partial charge >= 0.3 is 0 Å². The Morgan fingerprint density at radius 3 is 2.39 bits per heavy atom. The van der Waals surface area contributed by atoms with Crippen molar-refractivity contribution in [2.24, 2.45) is 5.92 Å². The van der Waals surface area contributed by atoms with Crippen LogP contribution in [0.5, 0.6) is 0 Å². The third-order valence-electron chi connectivity index (χ3n) is 3.36. The van der Waals surface area contributed by atoms with Gasteiger partial charge in [-0.25, -0.2) is 8.42 Å². The van der Waals surface area contributed by atoms with E-state index in [-0.39, 0.29) is 23.5 Å². The van der Waals surface area contributed by atoms with Crippen molar-refractivity contribution in [1.29, 1.82) is 0 Å². The normalized spacial score (nSPS) is 24.1. The summed E-state index contributed by atoms with van der Waals surface area (Å²) in [4.78, 5) is 0. The van der Waals surface area contributed by atoms with Crippen molar-refractivity contribution < 1.29 is 8.42 Å². The molecule has 2 unspecified atom stereocenters. The summed E-state index contributed by atoms with van der Waals surface area (Å²) in [5.41, 5.74) is 0.797. The standard InChI is InChI=1S/C12H15Cl2NO2S/c1-15-12(8-5-6-18(16,17)7-8)11-9(13)3-2-4-10(11)14/h2-4,8,12,15H,5-7H2,1H3. The van der Waals surface area contributed by atoms with Gasteiger partial charge in [0.1, 0.15) is 0 Å². The monoisotopic (exact) mass is 307 g/mol. The number of halogens is 2. The molecule has 0 radical (unpaired) electrons. The molecule has 0 saturated carbocycles. The molecule has 0 aromatic heterocycles. The zero-order chi connectivity index (χ0) is 13.3. The van der Waals surface area contributed by atoms with Gasteiger partial charge in [-0.05, 0) is 31.5 Å². The van der Waals surface area contributed by atoms with E-state index in [9.17, 15) is 8.42 Å². The van der Waals surface area contributed by atoms with Gasteiger partial charge < -0.3 is 5.32 Å². The molecule has 1 saturated heterocycles. The lowest BCUT2D eigenvalue weighted by Crippen LogP contribution is -2.26. The summed E-state index contributed by atoms with van der Waals surface area (Å²) in [6.07, 6.45) is 0.648. The molecule has 1 aliphatic heterocycles. The Hall–Kier alpha value is -0.290. The van der Waals surface area contributed by atoms with Crippen molar-refractivity contribution in [2.45, 2.75) is 12.5 Å². The molecule has 1 N–H and O–H groups in total. The van der Waals surface area contributed by atoms with E-state index >= 15 is 0 Å². The van der Waals surface area contributed by atoms with E-state index in [4.69, 9.17) is 23.2 Å². The van der Waals surface area contributed by atoms with Crippen molar-refractivity contribution >= 4 is 33.0 Å². The Balaban J connectivity index is 2.35. The van der Waals surface area contributed by atoms with Crippen LogP contribution in [-0.4, -0.2) is 27.0 Å². The van der Waals surface area contributed by atoms with E-state index in [0.29, 0.717) is 16.5 Å². The molecule has 2 rings (SSSR count). The van der Waals surface area contributed by atoms with Crippen LogP contribution in [0.15, 0.2) is 18.2 Å². The van der Waals surface area contributed by atoms with Crippen molar-refractivity contribution in [2.75, 3.05) is 18.6 Å². The number of hydrogen-bond acceptors (Lipinski definition) is 3. The molecule has 0 aliphatic carbocycles. The van der Waals surface area contributed by atoms with Gasteiger partial charge in [0.05, 0.1) is 11.5 Å². The number of hydrogen-bond donors (Lipinski definition) is 1. The highest BCUT2D eigenvalue weighted by Gasteiger charge is 2.35. The summed E-state index contributed by atoms with van der Waals surface area (Å²) in [6, 6.07) is 5.21. The predicted octanol–water partition coefficient (Wildman–Crippen LogP) is 2.69. The summed E-state index contributed by atoms with van der Waals surface area (Å²) >= 11 is 12.4. The van der Waals surface area contributed by atoms with Gasteiger partial charge in [-0.2, -0.15) is 0 Å². The fourth-order valence-electron chi connectivity index (χ4n) is 2.51. The number of sulfone groups is 1. The molecular weight excluding hydrogens is 293 g/mol. The van der Waals surface area contributed by atoms with Crippen molar-refractivity contribution in [3.63, 3.8) is 0 Å². The van der Waals surface area contributed by atoms with Gasteiger partial charge in [0.15, 0.2) is 9.84 Å². The van der Waals surface area contributed by atoms with E-state index in [2.05, 4.69) is 5.32 Å². The Morgan fingerprint density at radius 2 is 1.94 bits per heavy atom. The lowest BCUT2D eigenvalue weighted by Gasteiger charge is -2.24. The van der Waals surface area contributed by atoms with E-state index in [0.717, 1.165) is 5.56 Å². The summed E-state index contributed by atoms with van der Waals surface area (Å²) in [7, 11) is -1.11. The molecule has 0 bridgehead atoms. The molecule has 18 heavy (non-hydrogen) atoms. The fourth-order valence-corrected chi connectivity index (χ4v) is 4.98. The molecule has 3 nitrogen and oxygen atoms in total. The molecule has 1 aromatic carbocycles. The maximum Gasteiger partial charge on any atom is 0.150 e. The van der Waals surface area contributed by atoms with Crippen LogP contribution in [0, 0.1) is 5.92 Å². The molecule has 2 atom stereocenters. The van der Waals surface area contributed by atoms with Crippen molar-refractivity contribution in [3.8, 4) is 0 Å². The quantitative estimate of drug-likeness (QED) is 0.934. The lowest BCUT2D eigenvalue weighted by molar-refractivity contribution is 0.419. The Morgan fingerprint density at radius 1 is 1.33 bits per heavy atom. The minimum Gasteiger partial charge on any atom is -0.313 e. The topological polar surface area (TPSA) is 46.2 Å². The molecule has 0 spiro atoms. The largest absolute Gasteiger partial charge is 0.313 e. The summed E-state index contributed by atoms with van der Waals surface area (Å²) in [5.74, 6) is 0.468. The van der Waals surface area contributed by atoms with Gasteiger partial charge in [-0.1, -0.05) is 29.3 Å². The second kappa shape index (κ2) is 5.37. The van der Waals surface area contributed by atoms with Crippen molar-refractivity contribution in [3.05, 3.63) is 33.8 Å². The number of benzene rings is 1. The van der Waals surface area contributed by atoms with Crippen LogP contribution in [0.1, 0.15) is 18.0 Å². The molecule has 6 heteroatoms. The highest BCUT2D eigenvalue weighted by molar-refractivity contribution is 7.91. The Kier molecular flexibility index (Phi) is 4.22. The van der Waals surface area contributed by atoms with Crippen LogP contribution in [0.3, 0.4) is 0 Å². The van der Waals surface area contributed by atoms with Crippen molar-refractivity contribution in [1.82, 2.24) is 5.32 Å². The molecule has 1 aliphatic rings. The van der Waals surface area contributed by atoms with Crippen LogP contribution in [0.25, 0.3) is 0 Å². The fraction of sp³-hybridized carbons (Fsp3) is 0.500. The molecule has 1 heterocycles. The highest BCUT2D eigenvalue weighted by atomic mass is 35.5. The first-order valence-electron chi connectivity index (χ1n) is 5.76. The maximum atomic E-state index is 11.6. The van der Waals surface area contributed by atoms with Crippen LogP contribution in [-0.2, 0) is 9.84 Å². The van der Waals surface area contributed by atoms with E-state index < -0.39 is 9.84 Å². The van der Waals surface area contributed by atoms with Crippen LogP contribution in [0.4, 0.5) is 0 Å². The van der Waals surface area contributed by atoms with Crippen LogP contribution >= 0.6 is 23.2 Å². The van der Waals surface area contributed by atoms with Gasteiger partial charge in [-0.15, -0.1) is 0 Å². The molecular formula is C12H15Cl2NO2S. The van der Waals surface area contributed by atoms with Crippen LogP contribution < -0.4 is 5.32 Å². The summed E-state index contributed by atoms with van der Waals surface area (Å²) < 4.78 is 23.1. The lowest BCUT2D eigenvalue weighted by atomic mass is 9.92. The molecule has 1 aromatic rings. The van der Waals surface area contributed by atoms with Gasteiger partial charge in [0, 0.05) is 21.7 Å². The maximum absolute atomic E-state index is 11.6. The first-order valence-corrected chi connectivity index (χ1v) is 8.34. The van der Waals surface area contributed by atoms with Gasteiger partial charge in [0.2, 0.25) is 0 Å². The average Bonchev–Trinajstić information content (AvgIpc) is 2.64. The van der Waals surface area contributed by atoms with E-state index in [1.165, 1.54) is 0 Å². The van der Waals surface area contributed by atoms with Crippen LogP contribution in [0.2, 0.25) is 10.0 Å². The third-order valence-corrected chi connectivity index (χ3v) is 5.81. The highest BCUT2D eigenvalue weighted by Crippen LogP contribution is 2.38. The SMILES string of the molecule is CNC(c1c(Cl)cccc1Cl)C1CCS(=O)(=O)C1. The molecule has 1 fully saturated rings. The molecule has 0 amide bonds. The smallest absolute Gasteiger partial charge is 0.150 e. The minimum absolute atomic E-state index is 0.0254. The minimum atomic E-state index is -2.91. The van der Waals surface area contributed by atoms with Gasteiger partial charge in [0.25, 0.3) is 0 Å². The average molecular weight is 308 g/mol. The third kappa shape index (κ3) is 2.82. The Labute approximate surface area is 117 Å². The first kappa shape index (κ1) is 14.1.